The molecule has 0 bridgehead atoms. The summed E-state index contributed by atoms with van der Waals surface area (Å²) in [6, 6.07) is 14.7. The number of anilines is 1. The van der Waals surface area contributed by atoms with Crippen LogP contribution >= 0.6 is 0 Å². The van der Waals surface area contributed by atoms with Gasteiger partial charge in [-0.05, 0) is 55.3 Å². The van der Waals surface area contributed by atoms with Crippen LogP contribution in [0.1, 0.15) is 69.5 Å². The molecule has 0 aliphatic carbocycles. The number of pyridine rings is 1. The van der Waals surface area contributed by atoms with Crippen LogP contribution in [0.15, 0.2) is 48.5 Å². The van der Waals surface area contributed by atoms with Gasteiger partial charge in [-0.1, -0.05) is 64.0 Å². The summed E-state index contributed by atoms with van der Waals surface area (Å²) in [5, 5.41) is 4.52. The molecule has 0 atom stereocenters. The van der Waals surface area contributed by atoms with Crippen LogP contribution in [-0.4, -0.2) is 11.6 Å². The van der Waals surface area contributed by atoms with E-state index in [0.717, 1.165) is 46.6 Å². The third-order valence-corrected chi connectivity index (χ3v) is 5.57. The number of hydrogen-bond donors (Lipinski definition) is 1. The van der Waals surface area contributed by atoms with E-state index < -0.39 is 0 Å². The summed E-state index contributed by atoms with van der Waals surface area (Å²) in [5.41, 5.74) is 3.96. The highest BCUT2D eigenvalue weighted by atomic mass is 19.1. The van der Waals surface area contributed by atoms with Gasteiger partial charge >= 0.3 is 0 Å². The third kappa shape index (κ3) is 7.54. The maximum absolute atomic E-state index is 13.1. The lowest BCUT2D eigenvalue weighted by Crippen LogP contribution is -2.02. The lowest BCUT2D eigenvalue weighted by molar-refractivity contribution is 0.304. The summed E-state index contributed by atoms with van der Waals surface area (Å²) in [7, 11) is 0. The van der Waals surface area contributed by atoms with Crippen LogP contribution in [0.5, 0.6) is 5.75 Å². The van der Waals surface area contributed by atoms with E-state index in [4.69, 9.17) is 4.74 Å². The van der Waals surface area contributed by atoms with Crippen molar-refractivity contribution in [2.24, 2.45) is 0 Å². The molecular weight excluding hydrogens is 387 g/mol. The number of unbranched alkanes of at least 4 members (excludes halogenated alkanes) is 7. The second kappa shape index (κ2) is 12.3. The lowest BCUT2D eigenvalue weighted by atomic mass is 10.1. The molecule has 1 heterocycles. The van der Waals surface area contributed by atoms with E-state index in [9.17, 15) is 4.39 Å². The van der Waals surface area contributed by atoms with E-state index in [-0.39, 0.29) is 5.82 Å². The van der Waals surface area contributed by atoms with E-state index in [1.54, 1.807) is 12.1 Å². The summed E-state index contributed by atoms with van der Waals surface area (Å²) in [6.45, 7) is 5.63. The molecular formula is C27H35FN2O. The van der Waals surface area contributed by atoms with Crippen molar-refractivity contribution in [3.63, 3.8) is 0 Å². The highest BCUT2D eigenvalue weighted by molar-refractivity contribution is 5.92. The molecule has 0 amide bonds. The van der Waals surface area contributed by atoms with E-state index >= 15 is 0 Å². The van der Waals surface area contributed by atoms with Gasteiger partial charge in [-0.15, -0.1) is 0 Å². The molecule has 0 saturated carbocycles. The predicted molar refractivity (Wildman–Crippen MR) is 128 cm³/mol. The molecule has 31 heavy (non-hydrogen) atoms. The second-order valence-electron chi connectivity index (χ2n) is 8.29. The summed E-state index contributed by atoms with van der Waals surface area (Å²) in [4.78, 5) is 4.65. The second-order valence-corrected chi connectivity index (χ2v) is 8.29. The molecule has 2 aromatic carbocycles. The summed E-state index contributed by atoms with van der Waals surface area (Å²) >= 11 is 0. The van der Waals surface area contributed by atoms with Crippen molar-refractivity contribution in [2.45, 2.75) is 71.8 Å². The van der Waals surface area contributed by atoms with Gasteiger partial charge in [-0.3, -0.25) is 4.98 Å². The zero-order valence-corrected chi connectivity index (χ0v) is 18.9. The number of aryl methyl sites for hydroxylation is 1. The highest BCUT2D eigenvalue weighted by Crippen LogP contribution is 2.28. The van der Waals surface area contributed by atoms with Crippen LogP contribution in [0.3, 0.4) is 0 Å². The average Bonchev–Trinajstić information content (AvgIpc) is 2.77. The van der Waals surface area contributed by atoms with Gasteiger partial charge in [0.05, 0.1) is 12.1 Å². The molecule has 0 fully saturated rings. The number of ether oxygens (including phenoxy) is 1. The molecule has 0 spiro atoms. The Bertz CT molecular complexity index is 940. The van der Waals surface area contributed by atoms with Gasteiger partial charge in [-0.25, -0.2) is 4.39 Å². The lowest BCUT2D eigenvalue weighted by Gasteiger charge is -2.13. The number of nitrogens with one attached hydrogen (secondary N) is 1. The first-order chi connectivity index (χ1) is 15.2. The molecule has 4 heteroatoms. The Hall–Kier alpha value is -2.62. The van der Waals surface area contributed by atoms with Crippen molar-refractivity contribution < 1.29 is 9.13 Å². The van der Waals surface area contributed by atoms with Crippen LogP contribution in [0.4, 0.5) is 10.1 Å². The number of nitrogens with zero attached hydrogens (tertiary/aromatic N) is 1. The SMILES string of the molecule is CCCCCCCCCCOc1ccc2nc(C)cc(NCc3ccc(F)cc3)c2c1. The zero-order valence-electron chi connectivity index (χ0n) is 18.9. The molecule has 1 N–H and O–H groups in total. The fourth-order valence-corrected chi connectivity index (χ4v) is 3.80. The van der Waals surface area contributed by atoms with Crippen molar-refractivity contribution >= 4 is 16.6 Å². The maximum Gasteiger partial charge on any atom is 0.123 e. The predicted octanol–water partition coefficient (Wildman–Crippen LogP) is 7.81. The fraction of sp³-hybridized carbons (Fsp3) is 0.444. The third-order valence-electron chi connectivity index (χ3n) is 5.57. The first-order valence-corrected chi connectivity index (χ1v) is 11.7. The minimum atomic E-state index is -0.216. The molecule has 0 aliphatic heterocycles. The molecule has 3 rings (SSSR count). The minimum Gasteiger partial charge on any atom is -0.494 e. The molecule has 0 radical (unpaired) electrons. The largest absolute Gasteiger partial charge is 0.494 e. The van der Waals surface area contributed by atoms with E-state index in [1.165, 1.54) is 57.1 Å². The van der Waals surface area contributed by atoms with Crippen molar-refractivity contribution in [3.8, 4) is 5.75 Å². The average molecular weight is 423 g/mol. The summed E-state index contributed by atoms with van der Waals surface area (Å²) < 4.78 is 19.2. The maximum atomic E-state index is 13.1. The summed E-state index contributed by atoms with van der Waals surface area (Å²) in [5.74, 6) is 0.665. The van der Waals surface area contributed by atoms with Crippen molar-refractivity contribution in [1.82, 2.24) is 4.98 Å². The summed E-state index contributed by atoms with van der Waals surface area (Å²) in [6.07, 6.45) is 10.3. The monoisotopic (exact) mass is 422 g/mol. The molecule has 166 valence electrons. The van der Waals surface area contributed by atoms with E-state index in [2.05, 4.69) is 23.3 Å². The Kier molecular flexibility index (Phi) is 9.14. The number of halogens is 1. The van der Waals surface area contributed by atoms with Crippen molar-refractivity contribution in [3.05, 3.63) is 65.6 Å². The zero-order chi connectivity index (χ0) is 21.9. The van der Waals surface area contributed by atoms with Gasteiger partial charge in [-0.2, -0.15) is 0 Å². The Morgan fingerprint density at radius 1 is 0.871 bits per heavy atom. The molecule has 0 unspecified atom stereocenters. The van der Waals surface area contributed by atoms with Crippen LogP contribution < -0.4 is 10.1 Å². The van der Waals surface area contributed by atoms with E-state index in [0.29, 0.717) is 6.54 Å². The van der Waals surface area contributed by atoms with Crippen LogP contribution in [0, 0.1) is 12.7 Å². The molecule has 3 aromatic rings. The Morgan fingerprint density at radius 2 is 1.58 bits per heavy atom. The van der Waals surface area contributed by atoms with Gasteiger partial charge in [0.15, 0.2) is 0 Å². The first kappa shape index (κ1) is 23.1. The normalized spacial score (nSPS) is 11.1. The number of rotatable bonds is 13. The minimum absolute atomic E-state index is 0.216. The van der Waals surface area contributed by atoms with Gasteiger partial charge in [0.1, 0.15) is 11.6 Å². The van der Waals surface area contributed by atoms with E-state index in [1.807, 2.05) is 25.1 Å². The standard InChI is InChI=1S/C27H35FN2O/c1-3-4-5-6-7-8-9-10-17-31-24-15-16-26-25(19-24)27(18-21(2)30-26)29-20-22-11-13-23(28)14-12-22/h11-16,18-19H,3-10,17,20H2,1-2H3,(H,29,30). The van der Waals surface area contributed by atoms with Gasteiger partial charge in [0, 0.05) is 23.3 Å². The Labute approximate surface area is 186 Å². The number of fused-ring (bicyclic) bond motifs is 1. The Balaban J connectivity index is 1.54. The van der Waals surface area contributed by atoms with Gasteiger partial charge < -0.3 is 10.1 Å². The molecule has 1 aromatic heterocycles. The topological polar surface area (TPSA) is 34.1 Å². The molecule has 0 saturated heterocycles. The Morgan fingerprint density at radius 3 is 2.32 bits per heavy atom. The number of benzene rings is 2. The quantitative estimate of drug-likeness (QED) is 0.285. The van der Waals surface area contributed by atoms with Crippen LogP contribution in [0.2, 0.25) is 0 Å². The van der Waals surface area contributed by atoms with Gasteiger partial charge in [0.2, 0.25) is 0 Å². The van der Waals surface area contributed by atoms with Crippen LogP contribution in [0.25, 0.3) is 10.9 Å². The molecule has 3 nitrogen and oxygen atoms in total. The van der Waals surface area contributed by atoms with Gasteiger partial charge in [0.25, 0.3) is 0 Å². The fourth-order valence-electron chi connectivity index (χ4n) is 3.80. The molecule has 0 aliphatic rings. The number of hydrogen-bond acceptors (Lipinski definition) is 3. The first-order valence-electron chi connectivity index (χ1n) is 11.7. The van der Waals surface area contributed by atoms with Crippen molar-refractivity contribution in [1.29, 1.82) is 0 Å². The smallest absolute Gasteiger partial charge is 0.123 e. The number of aromatic nitrogens is 1. The van der Waals surface area contributed by atoms with Crippen LogP contribution in [-0.2, 0) is 6.54 Å². The van der Waals surface area contributed by atoms with Crippen molar-refractivity contribution in [2.75, 3.05) is 11.9 Å². The highest BCUT2D eigenvalue weighted by Gasteiger charge is 2.07.